The van der Waals surface area contributed by atoms with E-state index in [4.69, 9.17) is 4.74 Å². The van der Waals surface area contributed by atoms with Gasteiger partial charge in [-0.1, -0.05) is 25.7 Å². The van der Waals surface area contributed by atoms with Gasteiger partial charge in [0.2, 0.25) is 0 Å². The van der Waals surface area contributed by atoms with Gasteiger partial charge in [-0.15, -0.1) is 0 Å². The Hall–Kier alpha value is -0.120. The summed E-state index contributed by atoms with van der Waals surface area (Å²) in [6.07, 6.45) is 9.94. The Labute approximate surface area is 98.6 Å². The third-order valence-electron chi connectivity index (χ3n) is 4.37. The molecule has 0 aromatic heterocycles. The summed E-state index contributed by atoms with van der Waals surface area (Å²) in [6.45, 7) is 0.210. The molecule has 2 saturated carbocycles. The van der Waals surface area contributed by atoms with Crippen LogP contribution in [0.25, 0.3) is 0 Å². The predicted molar refractivity (Wildman–Crippen MR) is 64.5 cm³/mol. The number of hydrogen-bond acceptors (Lipinski definition) is 3. The van der Waals surface area contributed by atoms with Crippen molar-refractivity contribution in [2.75, 3.05) is 13.7 Å². The molecule has 0 heterocycles. The Bertz CT molecular complexity index is 216. The van der Waals surface area contributed by atoms with Crippen molar-refractivity contribution in [1.29, 1.82) is 0 Å². The minimum absolute atomic E-state index is 0.165. The molecule has 2 unspecified atom stereocenters. The summed E-state index contributed by atoms with van der Waals surface area (Å²) in [4.78, 5) is 0. The largest absolute Gasteiger partial charge is 0.394 e. The lowest BCUT2D eigenvalue weighted by Gasteiger charge is -2.44. The molecule has 0 bridgehead atoms. The van der Waals surface area contributed by atoms with Crippen molar-refractivity contribution in [1.82, 2.24) is 5.32 Å². The zero-order valence-corrected chi connectivity index (χ0v) is 10.4. The third kappa shape index (κ3) is 2.41. The number of rotatable bonds is 4. The number of methoxy groups -OCH3 is 1. The maximum absolute atomic E-state index is 9.76. The Morgan fingerprint density at radius 1 is 1.19 bits per heavy atom. The summed E-state index contributed by atoms with van der Waals surface area (Å²) in [6, 6.07) is 0.600. The fourth-order valence-corrected chi connectivity index (χ4v) is 3.42. The molecular weight excluding hydrogens is 202 g/mol. The normalized spacial score (nSPS) is 36.8. The highest BCUT2D eigenvalue weighted by atomic mass is 16.5. The van der Waals surface area contributed by atoms with E-state index in [-0.39, 0.29) is 18.2 Å². The van der Waals surface area contributed by atoms with Gasteiger partial charge in [-0.05, 0) is 25.7 Å². The number of aliphatic hydroxyl groups excluding tert-OH is 1. The SMILES string of the molecule is COC1CCCCC1(CO)NC1CCCC1. The van der Waals surface area contributed by atoms with E-state index in [9.17, 15) is 5.11 Å². The molecule has 0 aliphatic heterocycles. The number of nitrogens with one attached hydrogen (secondary N) is 1. The quantitative estimate of drug-likeness (QED) is 0.770. The first-order valence-corrected chi connectivity index (χ1v) is 6.72. The van der Waals surface area contributed by atoms with Crippen LogP contribution >= 0.6 is 0 Å². The van der Waals surface area contributed by atoms with Crippen molar-refractivity contribution in [3.8, 4) is 0 Å². The van der Waals surface area contributed by atoms with Crippen LogP contribution in [0.2, 0.25) is 0 Å². The molecule has 3 heteroatoms. The molecule has 94 valence electrons. The summed E-state index contributed by atoms with van der Waals surface area (Å²) in [5.41, 5.74) is -0.165. The van der Waals surface area contributed by atoms with Gasteiger partial charge in [0.15, 0.2) is 0 Å². The molecule has 0 radical (unpaired) electrons. The molecule has 0 spiro atoms. The van der Waals surface area contributed by atoms with Gasteiger partial charge in [0.25, 0.3) is 0 Å². The van der Waals surface area contributed by atoms with E-state index in [0.29, 0.717) is 6.04 Å². The molecule has 0 amide bonds. The molecule has 2 aliphatic carbocycles. The Balaban J connectivity index is 2.02. The van der Waals surface area contributed by atoms with Gasteiger partial charge in [0, 0.05) is 13.2 Å². The van der Waals surface area contributed by atoms with Gasteiger partial charge in [-0.3, -0.25) is 0 Å². The molecule has 2 atom stereocenters. The average molecular weight is 227 g/mol. The zero-order valence-electron chi connectivity index (χ0n) is 10.4. The third-order valence-corrected chi connectivity index (χ3v) is 4.37. The highest BCUT2D eigenvalue weighted by Gasteiger charge is 2.42. The maximum atomic E-state index is 9.76. The Morgan fingerprint density at radius 3 is 2.50 bits per heavy atom. The van der Waals surface area contributed by atoms with Gasteiger partial charge in [0.05, 0.1) is 18.2 Å². The van der Waals surface area contributed by atoms with Crippen LogP contribution < -0.4 is 5.32 Å². The zero-order chi connectivity index (χ0) is 11.4. The van der Waals surface area contributed by atoms with Crippen LogP contribution in [0.15, 0.2) is 0 Å². The van der Waals surface area contributed by atoms with E-state index in [1.165, 1.54) is 38.5 Å². The summed E-state index contributed by atoms with van der Waals surface area (Å²) in [7, 11) is 1.77. The molecule has 16 heavy (non-hydrogen) atoms. The smallest absolute Gasteiger partial charge is 0.0775 e. The summed E-state index contributed by atoms with van der Waals surface area (Å²) >= 11 is 0. The van der Waals surface area contributed by atoms with Gasteiger partial charge in [-0.25, -0.2) is 0 Å². The van der Waals surface area contributed by atoms with Crippen molar-refractivity contribution in [2.24, 2.45) is 0 Å². The van der Waals surface area contributed by atoms with E-state index in [0.717, 1.165) is 12.8 Å². The first-order chi connectivity index (χ1) is 7.80. The van der Waals surface area contributed by atoms with Crippen LogP contribution in [-0.2, 0) is 4.74 Å². The second-order valence-electron chi connectivity index (χ2n) is 5.41. The van der Waals surface area contributed by atoms with Gasteiger partial charge < -0.3 is 15.2 Å². The summed E-state index contributed by atoms with van der Waals surface area (Å²) < 4.78 is 5.59. The van der Waals surface area contributed by atoms with Crippen molar-refractivity contribution in [3.63, 3.8) is 0 Å². The van der Waals surface area contributed by atoms with E-state index in [1.807, 2.05) is 0 Å². The molecule has 2 aliphatic rings. The van der Waals surface area contributed by atoms with Crippen LogP contribution in [0.1, 0.15) is 51.4 Å². The Kier molecular flexibility index (Phi) is 4.22. The topological polar surface area (TPSA) is 41.5 Å². The monoisotopic (exact) mass is 227 g/mol. The fraction of sp³-hybridized carbons (Fsp3) is 1.00. The molecule has 3 nitrogen and oxygen atoms in total. The lowest BCUT2D eigenvalue weighted by atomic mass is 9.79. The van der Waals surface area contributed by atoms with Crippen LogP contribution in [0.4, 0.5) is 0 Å². The van der Waals surface area contributed by atoms with Gasteiger partial charge in [0.1, 0.15) is 0 Å². The van der Waals surface area contributed by atoms with Crippen LogP contribution in [0.3, 0.4) is 0 Å². The number of aliphatic hydroxyl groups is 1. The average Bonchev–Trinajstić information content (AvgIpc) is 2.82. The highest BCUT2D eigenvalue weighted by Crippen LogP contribution is 2.32. The maximum Gasteiger partial charge on any atom is 0.0775 e. The minimum atomic E-state index is -0.165. The number of ether oxygens (including phenoxy) is 1. The van der Waals surface area contributed by atoms with Gasteiger partial charge >= 0.3 is 0 Å². The second kappa shape index (κ2) is 5.48. The Morgan fingerprint density at radius 2 is 1.88 bits per heavy atom. The molecule has 2 fully saturated rings. The van der Waals surface area contributed by atoms with Crippen LogP contribution in [0, 0.1) is 0 Å². The van der Waals surface area contributed by atoms with E-state index in [1.54, 1.807) is 7.11 Å². The van der Waals surface area contributed by atoms with Crippen molar-refractivity contribution >= 4 is 0 Å². The highest BCUT2D eigenvalue weighted by molar-refractivity contribution is 5.00. The van der Waals surface area contributed by atoms with Crippen molar-refractivity contribution in [2.45, 2.75) is 69.1 Å². The number of hydrogen-bond donors (Lipinski definition) is 2. The van der Waals surface area contributed by atoms with Crippen LogP contribution in [0.5, 0.6) is 0 Å². The van der Waals surface area contributed by atoms with Crippen molar-refractivity contribution in [3.05, 3.63) is 0 Å². The minimum Gasteiger partial charge on any atom is -0.394 e. The lowest BCUT2D eigenvalue weighted by Crippen LogP contribution is -2.61. The molecular formula is C13H25NO2. The van der Waals surface area contributed by atoms with E-state index < -0.39 is 0 Å². The first-order valence-electron chi connectivity index (χ1n) is 6.72. The summed E-state index contributed by atoms with van der Waals surface area (Å²) in [5, 5.41) is 13.5. The molecule has 0 aromatic carbocycles. The van der Waals surface area contributed by atoms with Crippen molar-refractivity contribution < 1.29 is 9.84 Å². The summed E-state index contributed by atoms with van der Waals surface area (Å²) in [5.74, 6) is 0. The lowest BCUT2D eigenvalue weighted by molar-refractivity contribution is -0.0430. The van der Waals surface area contributed by atoms with Gasteiger partial charge in [-0.2, -0.15) is 0 Å². The molecule has 2 N–H and O–H groups in total. The second-order valence-corrected chi connectivity index (χ2v) is 5.41. The van der Waals surface area contributed by atoms with E-state index in [2.05, 4.69) is 5.32 Å². The predicted octanol–water partition coefficient (Wildman–Crippen LogP) is 1.84. The standard InChI is InChI=1S/C13H25NO2/c1-16-12-8-4-5-9-13(12,10-15)14-11-6-2-3-7-11/h11-12,14-15H,2-10H2,1H3. The van der Waals surface area contributed by atoms with Crippen LogP contribution in [-0.4, -0.2) is 36.5 Å². The first kappa shape index (κ1) is 12.3. The molecule has 2 rings (SSSR count). The van der Waals surface area contributed by atoms with E-state index >= 15 is 0 Å². The molecule has 0 aromatic rings. The fourth-order valence-electron chi connectivity index (χ4n) is 3.42. The molecule has 0 saturated heterocycles.